The third-order valence-electron chi connectivity index (χ3n) is 6.76. The number of aliphatic hydroxyl groups is 4. The maximum atomic E-state index is 9.70. The second-order valence-corrected chi connectivity index (χ2v) is 8.81. The van der Waals surface area contributed by atoms with E-state index in [0.717, 1.165) is 38.5 Å². The molecule has 6 heteroatoms. The molecule has 0 radical (unpaired) electrons. The minimum absolute atomic E-state index is 0.0216. The molecule has 0 unspecified atom stereocenters. The van der Waals surface area contributed by atoms with E-state index in [1.165, 1.54) is 0 Å². The van der Waals surface area contributed by atoms with Crippen LogP contribution >= 0.6 is 0 Å². The van der Waals surface area contributed by atoms with E-state index in [4.69, 9.17) is 9.47 Å². The molecule has 2 aliphatic rings. The topological polar surface area (TPSA) is 99.4 Å². The summed E-state index contributed by atoms with van der Waals surface area (Å²) < 4.78 is 12.1. The minimum atomic E-state index is -0.584. The van der Waals surface area contributed by atoms with Crippen LogP contribution in [0, 0.1) is 22.7 Å². The lowest BCUT2D eigenvalue weighted by atomic mass is 9.79. The summed E-state index contributed by atoms with van der Waals surface area (Å²) in [5, 5.41) is 38.7. The molecular formula is C20H38O6. The molecule has 4 N–H and O–H groups in total. The summed E-state index contributed by atoms with van der Waals surface area (Å²) in [5.41, 5.74) is -1.06. The van der Waals surface area contributed by atoms with Gasteiger partial charge in [-0.25, -0.2) is 0 Å². The van der Waals surface area contributed by atoms with Gasteiger partial charge in [0.25, 0.3) is 0 Å². The Hall–Kier alpha value is -0.240. The molecule has 2 fully saturated rings. The summed E-state index contributed by atoms with van der Waals surface area (Å²) in [7, 11) is 0. The zero-order valence-electron chi connectivity index (χ0n) is 16.4. The normalized spacial score (nSPS) is 25.0. The first kappa shape index (κ1) is 22.1. The van der Waals surface area contributed by atoms with Gasteiger partial charge in [-0.3, -0.25) is 0 Å². The quantitative estimate of drug-likeness (QED) is 0.411. The van der Waals surface area contributed by atoms with E-state index in [1.807, 2.05) is 13.8 Å². The fourth-order valence-corrected chi connectivity index (χ4v) is 3.82. The van der Waals surface area contributed by atoms with Gasteiger partial charge in [-0.05, 0) is 50.4 Å². The standard InChI is InChI=1S/C20H38O6/c1-15(2)19(9-21,10-22)13-25-17-5-7-18(8-6-17)26-14-20(11-23,12-24)16-3-4-16/h15-18,21-24H,3-14H2,1-2H3. The molecule has 2 rings (SSSR count). The molecule has 0 heterocycles. The summed E-state index contributed by atoms with van der Waals surface area (Å²) in [4.78, 5) is 0. The van der Waals surface area contributed by atoms with Gasteiger partial charge >= 0.3 is 0 Å². The zero-order valence-corrected chi connectivity index (χ0v) is 16.4. The van der Waals surface area contributed by atoms with E-state index in [1.54, 1.807) is 0 Å². The predicted octanol–water partition coefficient (Wildman–Crippen LogP) is 1.34. The smallest absolute Gasteiger partial charge is 0.0577 e. The zero-order chi connectivity index (χ0) is 19.2. The van der Waals surface area contributed by atoms with Gasteiger partial charge in [0.1, 0.15) is 0 Å². The molecule has 0 bridgehead atoms. The highest BCUT2D eigenvalue weighted by Gasteiger charge is 2.45. The number of hydrogen-bond donors (Lipinski definition) is 4. The van der Waals surface area contributed by atoms with Crippen LogP contribution in [-0.2, 0) is 9.47 Å². The van der Waals surface area contributed by atoms with Crippen molar-refractivity contribution in [1.29, 1.82) is 0 Å². The Morgan fingerprint density at radius 1 is 0.731 bits per heavy atom. The van der Waals surface area contributed by atoms with Crippen molar-refractivity contribution in [2.24, 2.45) is 22.7 Å². The van der Waals surface area contributed by atoms with Crippen molar-refractivity contribution >= 4 is 0 Å². The first-order valence-corrected chi connectivity index (χ1v) is 10.1. The van der Waals surface area contributed by atoms with Gasteiger partial charge in [0.05, 0.1) is 51.8 Å². The van der Waals surface area contributed by atoms with Crippen LogP contribution in [0.5, 0.6) is 0 Å². The second kappa shape index (κ2) is 9.80. The van der Waals surface area contributed by atoms with E-state index in [2.05, 4.69) is 0 Å². The lowest BCUT2D eigenvalue weighted by Crippen LogP contribution is -2.42. The van der Waals surface area contributed by atoms with E-state index in [9.17, 15) is 20.4 Å². The van der Waals surface area contributed by atoms with Crippen LogP contribution in [0.4, 0.5) is 0 Å². The van der Waals surface area contributed by atoms with Gasteiger partial charge in [-0.15, -0.1) is 0 Å². The Balaban J connectivity index is 1.73. The van der Waals surface area contributed by atoms with E-state index < -0.39 is 10.8 Å². The molecule has 6 nitrogen and oxygen atoms in total. The van der Waals surface area contributed by atoms with Crippen molar-refractivity contribution in [3.63, 3.8) is 0 Å². The molecule has 2 aliphatic carbocycles. The minimum Gasteiger partial charge on any atom is -0.396 e. The molecular weight excluding hydrogens is 336 g/mol. The number of ether oxygens (including phenoxy) is 2. The van der Waals surface area contributed by atoms with Crippen LogP contribution in [0.15, 0.2) is 0 Å². The third-order valence-corrected chi connectivity index (χ3v) is 6.76. The molecule has 0 aromatic heterocycles. The lowest BCUT2D eigenvalue weighted by Gasteiger charge is -2.37. The van der Waals surface area contributed by atoms with Crippen molar-refractivity contribution < 1.29 is 29.9 Å². The maximum Gasteiger partial charge on any atom is 0.0577 e. The second-order valence-electron chi connectivity index (χ2n) is 8.81. The fourth-order valence-electron chi connectivity index (χ4n) is 3.82. The van der Waals surface area contributed by atoms with E-state index in [-0.39, 0.29) is 44.6 Å². The first-order valence-electron chi connectivity index (χ1n) is 10.1. The van der Waals surface area contributed by atoms with Crippen LogP contribution in [-0.4, -0.2) is 72.3 Å². The van der Waals surface area contributed by atoms with Gasteiger partial charge in [-0.2, -0.15) is 0 Å². The molecule has 154 valence electrons. The van der Waals surface area contributed by atoms with E-state index >= 15 is 0 Å². The summed E-state index contributed by atoms with van der Waals surface area (Å²) in [5.74, 6) is 0.531. The fraction of sp³-hybridized carbons (Fsp3) is 1.00. The van der Waals surface area contributed by atoms with Gasteiger partial charge in [0.2, 0.25) is 0 Å². The number of aliphatic hydroxyl groups excluding tert-OH is 4. The molecule has 0 aliphatic heterocycles. The van der Waals surface area contributed by atoms with Crippen molar-refractivity contribution in [3.05, 3.63) is 0 Å². The third kappa shape index (κ3) is 5.18. The SMILES string of the molecule is CC(C)C(CO)(CO)COC1CCC(OCC(CO)(CO)C2CC2)CC1. The average molecular weight is 375 g/mol. The average Bonchev–Trinajstić information content (AvgIpc) is 3.51. The van der Waals surface area contributed by atoms with Gasteiger partial charge in [-0.1, -0.05) is 13.8 Å². The summed E-state index contributed by atoms with van der Waals surface area (Å²) in [6.45, 7) is 4.58. The van der Waals surface area contributed by atoms with Crippen LogP contribution in [0.3, 0.4) is 0 Å². The largest absolute Gasteiger partial charge is 0.396 e. The molecule has 0 saturated heterocycles. The molecule has 26 heavy (non-hydrogen) atoms. The van der Waals surface area contributed by atoms with Crippen molar-refractivity contribution in [2.75, 3.05) is 39.6 Å². The van der Waals surface area contributed by atoms with Crippen molar-refractivity contribution in [1.82, 2.24) is 0 Å². The van der Waals surface area contributed by atoms with Crippen LogP contribution in [0.25, 0.3) is 0 Å². The van der Waals surface area contributed by atoms with Gasteiger partial charge in [0.15, 0.2) is 0 Å². The maximum absolute atomic E-state index is 9.70. The highest BCUT2D eigenvalue weighted by Crippen LogP contribution is 2.45. The van der Waals surface area contributed by atoms with E-state index in [0.29, 0.717) is 19.1 Å². The number of hydrogen-bond acceptors (Lipinski definition) is 6. The molecule has 0 aromatic rings. The van der Waals surface area contributed by atoms with Gasteiger partial charge in [0, 0.05) is 10.8 Å². The van der Waals surface area contributed by atoms with Gasteiger partial charge < -0.3 is 29.9 Å². The molecule has 0 atom stereocenters. The Labute approximate surface area is 157 Å². The van der Waals surface area contributed by atoms with Crippen molar-refractivity contribution in [3.8, 4) is 0 Å². The predicted molar refractivity (Wildman–Crippen MR) is 98.7 cm³/mol. The lowest BCUT2D eigenvalue weighted by molar-refractivity contribution is -0.110. The Morgan fingerprint density at radius 3 is 1.54 bits per heavy atom. The Morgan fingerprint density at radius 2 is 1.19 bits per heavy atom. The molecule has 0 aromatic carbocycles. The molecule has 0 spiro atoms. The first-order chi connectivity index (χ1) is 12.4. The summed E-state index contributed by atoms with van der Waals surface area (Å²) >= 11 is 0. The van der Waals surface area contributed by atoms with Crippen molar-refractivity contribution in [2.45, 2.75) is 64.6 Å². The van der Waals surface area contributed by atoms with Crippen LogP contribution in [0.2, 0.25) is 0 Å². The number of rotatable bonds is 12. The highest BCUT2D eigenvalue weighted by molar-refractivity contribution is 4.94. The molecule has 2 saturated carbocycles. The Bertz CT molecular complexity index is 363. The summed E-state index contributed by atoms with van der Waals surface area (Å²) in [6, 6.07) is 0. The Kier molecular flexibility index (Phi) is 8.32. The monoisotopic (exact) mass is 374 g/mol. The van der Waals surface area contributed by atoms with Crippen LogP contribution in [0.1, 0.15) is 52.4 Å². The highest BCUT2D eigenvalue weighted by atomic mass is 16.5. The summed E-state index contributed by atoms with van der Waals surface area (Å²) in [6.07, 6.45) is 6.00. The van der Waals surface area contributed by atoms with Crippen LogP contribution < -0.4 is 0 Å². The molecule has 0 amide bonds.